The molecule has 0 amide bonds. The van der Waals surface area contributed by atoms with Gasteiger partial charge >= 0.3 is 0 Å². The van der Waals surface area contributed by atoms with Gasteiger partial charge in [-0.1, -0.05) is 26.7 Å². The molecule has 0 nitrogen and oxygen atoms in total. The van der Waals surface area contributed by atoms with Crippen LogP contribution in [0, 0.1) is 0 Å². The monoisotopic (exact) mass is 106 g/mol. The van der Waals surface area contributed by atoms with Crippen LogP contribution in [0.15, 0.2) is 0 Å². The molecule has 0 aliphatic rings. The summed E-state index contributed by atoms with van der Waals surface area (Å²) in [5.74, 6) is 0. The van der Waals surface area contributed by atoms with E-state index in [1.807, 2.05) is 0 Å². The zero-order chi connectivity index (χ0) is 3.41. The molecule has 0 radical (unpaired) electrons. The van der Waals surface area contributed by atoms with E-state index >= 15 is 0 Å². The van der Waals surface area contributed by atoms with Crippen molar-refractivity contribution in [2.24, 2.45) is 0 Å². The molecule has 0 aromatic heterocycles. The molecule has 0 fully saturated rings. The minimum atomic E-state index is 0. The second kappa shape index (κ2) is 8.83. The number of hydrogen-bond donors (Lipinski definition) is 0. The molecule has 0 heterocycles. The van der Waals surface area contributed by atoms with Gasteiger partial charge in [0.2, 0.25) is 0 Å². The molecule has 0 rings (SSSR count). The summed E-state index contributed by atoms with van der Waals surface area (Å²) in [6.45, 7) is 4.36. The maximum atomic E-state index is 2.18. The van der Waals surface area contributed by atoms with Crippen LogP contribution in [0.4, 0.5) is 0 Å². The first kappa shape index (κ1) is 9.21. The molecule has 0 aromatic carbocycles. The van der Waals surface area contributed by atoms with Gasteiger partial charge in [-0.25, -0.2) is 0 Å². The largest absolute Gasteiger partial charge is 0.0654 e. The van der Waals surface area contributed by atoms with E-state index in [4.69, 9.17) is 0 Å². The van der Waals surface area contributed by atoms with Gasteiger partial charge in [0.15, 0.2) is 0 Å². The first-order chi connectivity index (χ1) is 1.91. The van der Waals surface area contributed by atoms with Crippen molar-refractivity contribution in [1.29, 1.82) is 0 Å². The molecule has 0 unspecified atom stereocenters. The summed E-state index contributed by atoms with van der Waals surface area (Å²) in [6, 6.07) is 0. The van der Waals surface area contributed by atoms with E-state index in [9.17, 15) is 0 Å². The number of rotatable bonds is 1. The fourth-order valence-corrected chi connectivity index (χ4v) is 0. The van der Waals surface area contributed by atoms with Crippen LogP contribution in [0.1, 0.15) is 26.7 Å². The fraction of sp³-hybridized carbons (Fsp3) is 1.00. The van der Waals surface area contributed by atoms with Crippen LogP contribution >= 0.6 is 0 Å². The van der Waals surface area contributed by atoms with Crippen molar-refractivity contribution in [3.63, 3.8) is 0 Å². The molecule has 0 N–H and O–H groups in total. The fourth-order valence-electron chi connectivity index (χ4n) is 0. The minimum Gasteiger partial charge on any atom is -0.0654 e. The molecule has 0 aliphatic heterocycles. The van der Waals surface area contributed by atoms with Crippen LogP contribution in [-0.4, -0.2) is 0 Å². The van der Waals surface area contributed by atoms with Gasteiger partial charge in [-0.2, -0.15) is 0 Å². The Morgan fingerprint density at radius 2 is 1.20 bits per heavy atom. The van der Waals surface area contributed by atoms with Gasteiger partial charge in [0.1, 0.15) is 0 Å². The predicted octanol–water partition coefficient (Wildman–Crippen LogP) is 1.80. The summed E-state index contributed by atoms with van der Waals surface area (Å²) in [5.41, 5.74) is 0. The smallest absolute Gasteiger partial charge is 0 e. The van der Waals surface area contributed by atoms with Gasteiger partial charge in [-0.3, -0.25) is 0 Å². The second-order valence-electron chi connectivity index (χ2n) is 1.000. The van der Waals surface area contributed by atoms with Gasteiger partial charge in [0.05, 0.1) is 0 Å². The van der Waals surface area contributed by atoms with Crippen LogP contribution in [0.3, 0.4) is 0 Å². The Morgan fingerprint density at radius 1 is 1.00 bits per heavy atom. The quantitative estimate of drug-likeness (QED) is 0.447. The third-order valence-electron chi connectivity index (χ3n) is 0.500. The topological polar surface area (TPSA) is 0 Å². The van der Waals surface area contributed by atoms with Gasteiger partial charge in [0, 0.05) is 21.7 Å². The average Bonchev–Trinajstić information content (AvgIpc) is 1.37. The van der Waals surface area contributed by atoms with Crippen molar-refractivity contribution in [1.82, 2.24) is 0 Å². The van der Waals surface area contributed by atoms with E-state index in [2.05, 4.69) is 13.8 Å². The summed E-state index contributed by atoms with van der Waals surface area (Å²) < 4.78 is 0. The van der Waals surface area contributed by atoms with Crippen LogP contribution in [0.25, 0.3) is 0 Å². The Hall–Kier alpha value is 0.714. The third kappa shape index (κ3) is 11.8. The Bertz CT molecular complexity index is 5.61. The standard InChI is InChI=1S/C4H10.Ti/c1-3-4-2;/h3-4H2,1-2H3;. The van der Waals surface area contributed by atoms with E-state index in [0.717, 1.165) is 0 Å². The summed E-state index contributed by atoms with van der Waals surface area (Å²) in [5, 5.41) is 0. The molecule has 30 valence electrons. The van der Waals surface area contributed by atoms with E-state index in [1.54, 1.807) is 0 Å². The SMILES string of the molecule is CCCC.[Ti]. The van der Waals surface area contributed by atoms with Crippen LogP contribution in [0.5, 0.6) is 0 Å². The maximum absolute atomic E-state index is 2.18. The predicted molar refractivity (Wildman–Crippen MR) is 20.6 cm³/mol. The van der Waals surface area contributed by atoms with Gasteiger partial charge in [0.25, 0.3) is 0 Å². The first-order valence-electron chi connectivity index (χ1n) is 1.91. The Labute approximate surface area is 48.8 Å². The summed E-state index contributed by atoms with van der Waals surface area (Å²) >= 11 is 0. The maximum Gasteiger partial charge on any atom is 0 e. The molecular formula is C4H10Ti. The molecule has 0 bridgehead atoms. The van der Waals surface area contributed by atoms with Crippen molar-refractivity contribution >= 4 is 0 Å². The minimum absolute atomic E-state index is 0. The molecule has 0 saturated heterocycles. The summed E-state index contributed by atoms with van der Waals surface area (Å²) in [7, 11) is 0. The van der Waals surface area contributed by atoms with Crippen LogP contribution < -0.4 is 0 Å². The second-order valence-corrected chi connectivity index (χ2v) is 1.000. The molecule has 0 aliphatic carbocycles. The van der Waals surface area contributed by atoms with Gasteiger partial charge < -0.3 is 0 Å². The molecule has 0 atom stereocenters. The Balaban J connectivity index is 0. The van der Waals surface area contributed by atoms with E-state index < -0.39 is 0 Å². The first-order valence-corrected chi connectivity index (χ1v) is 1.91. The molecule has 0 aromatic rings. The van der Waals surface area contributed by atoms with Crippen molar-refractivity contribution < 1.29 is 21.7 Å². The zero-order valence-electron chi connectivity index (χ0n) is 3.91. The van der Waals surface area contributed by atoms with Crippen molar-refractivity contribution in [3.05, 3.63) is 0 Å². The molecule has 0 spiro atoms. The van der Waals surface area contributed by atoms with Crippen LogP contribution in [0.2, 0.25) is 0 Å². The summed E-state index contributed by atoms with van der Waals surface area (Å²) in [4.78, 5) is 0. The van der Waals surface area contributed by atoms with E-state index in [-0.39, 0.29) is 21.7 Å². The number of unbranched alkanes of at least 4 members (excludes halogenated alkanes) is 1. The van der Waals surface area contributed by atoms with Crippen molar-refractivity contribution in [2.75, 3.05) is 0 Å². The number of hydrogen-bond acceptors (Lipinski definition) is 0. The zero-order valence-corrected chi connectivity index (χ0v) is 5.48. The van der Waals surface area contributed by atoms with Gasteiger partial charge in [-0.05, 0) is 0 Å². The van der Waals surface area contributed by atoms with E-state index in [0.29, 0.717) is 0 Å². The van der Waals surface area contributed by atoms with Crippen molar-refractivity contribution in [3.8, 4) is 0 Å². The normalized spacial score (nSPS) is 6.00. The van der Waals surface area contributed by atoms with Crippen LogP contribution in [-0.2, 0) is 21.7 Å². The van der Waals surface area contributed by atoms with E-state index in [1.165, 1.54) is 12.8 Å². The van der Waals surface area contributed by atoms with Crippen molar-refractivity contribution in [2.45, 2.75) is 26.7 Å². The average molecular weight is 106 g/mol. The molecule has 5 heavy (non-hydrogen) atoms. The molecule has 0 saturated carbocycles. The Morgan fingerprint density at radius 3 is 1.20 bits per heavy atom. The molecule has 1 heteroatoms. The van der Waals surface area contributed by atoms with Gasteiger partial charge in [-0.15, -0.1) is 0 Å². The summed E-state index contributed by atoms with van der Waals surface area (Å²) in [6.07, 6.45) is 2.64. The Kier molecular flexibility index (Phi) is 16.3. The molecular weight excluding hydrogens is 95.9 g/mol. The third-order valence-corrected chi connectivity index (χ3v) is 0.500.